The van der Waals surface area contributed by atoms with Crippen molar-refractivity contribution in [1.82, 2.24) is 9.97 Å². The second-order valence-electron chi connectivity index (χ2n) is 5.58. The number of carbonyl (C=O) groups excluding carboxylic acids is 1. The molecule has 2 aromatic heterocycles. The van der Waals surface area contributed by atoms with Crippen LogP contribution in [0.25, 0.3) is 11.1 Å². The molecular weight excluding hydrogens is 346 g/mol. The Hall–Kier alpha value is -3.12. The number of hydrogen-bond acceptors (Lipinski definition) is 5. The van der Waals surface area contributed by atoms with E-state index in [1.165, 1.54) is 11.8 Å². The van der Waals surface area contributed by atoms with Gasteiger partial charge in [-0.3, -0.25) is 9.78 Å². The van der Waals surface area contributed by atoms with Crippen molar-refractivity contribution < 1.29 is 9.21 Å². The summed E-state index contributed by atoms with van der Waals surface area (Å²) in [4.78, 5) is 21.0. The molecule has 0 spiro atoms. The number of benzene rings is 2. The van der Waals surface area contributed by atoms with Crippen LogP contribution >= 0.6 is 11.8 Å². The molecule has 0 bridgehead atoms. The maximum atomic E-state index is 12.6. The predicted octanol–water partition coefficient (Wildman–Crippen LogP) is 4.77. The van der Waals surface area contributed by atoms with Crippen molar-refractivity contribution in [2.24, 2.45) is 0 Å². The van der Waals surface area contributed by atoms with Crippen LogP contribution in [0.3, 0.4) is 0 Å². The quantitative estimate of drug-likeness (QED) is 0.519. The summed E-state index contributed by atoms with van der Waals surface area (Å²) in [6, 6.07) is 18.7. The summed E-state index contributed by atoms with van der Waals surface area (Å²) in [5.74, 6) is 0.442. The van der Waals surface area contributed by atoms with Crippen molar-refractivity contribution in [3.63, 3.8) is 0 Å². The third-order valence-corrected chi connectivity index (χ3v) is 4.70. The van der Waals surface area contributed by atoms with Crippen LogP contribution in [0.15, 0.2) is 82.7 Å². The zero-order valence-corrected chi connectivity index (χ0v) is 14.6. The number of rotatable bonds is 5. The molecule has 0 radical (unpaired) electrons. The molecule has 5 nitrogen and oxygen atoms in total. The monoisotopic (exact) mass is 361 g/mol. The van der Waals surface area contributed by atoms with E-state index in [1.54, 1.807) is 24.5 Å². The van der Waals surface area contributed by atoms with E-state index in [9.17, 15) is 4.79 Å². The fourth-order valence-corrected chi connectivity index (χ4v) is 3.40. The second-order valence-corrected chi connectivity index (χ2v) is 6.51. The molecule has 1 amide bonds. The largest absolute Gasteiger partial charge is 0.431 e. The normalized spacial score (nSPS) is 10.8. The van der Waals surface area contributed by atoms with Crippen LogP contribution in [0.4, 0.5) is 5.69 Å². The molecule has 2 heterocycles. The fraction of sp³-hybridized carbons (Fsp3) is 0.0500. The molecule has 0 unspecified atom stereocenters. The first-order valence-corrected chi connectivity index (χ1v) is 9.06. The van der Waals surface area contributed by atoms with Gasteiger partial charge in [0.1, 0.15) is 5.52 Å². The lowest BCUT2D eigenvalue weighted by Gasteiger charge is -2.09. The zero-order chi connectivity index (χ0) is 17.8. The first kappa shape index (κ1) is 16.4. The van der Waals surface area contributed by atoms with Gasteiger partial charge in [-0.05, 0) is 35.9 Å². The molecule has 0 aliphatic carbocycles. The van der Waals surface area contributed by atoms with Crippen molar-refractivity contribution in [1.29, 1.82) is 0 Å². The van der Waals surface area contributed by atoms with Gasteiger partial charge in [0.15, 0.2) is 5.58 Å². The average molecular weight is 361 g/mol. The highest BCUT2D eigenvalue weighted by molar-refractivity contribution is 7.98. The van der Waals surface area contributed by atoms with Crippen LogP contribution in [0, 0.1) is 0 Å². The number of carbonyl (C=O) groups is 1. The topological polar surface area (TPSA) is 68.0 Å². The molecular formula is C20H15N3O2S. The Morgan fingerprint density at radius 2 is 1.77 bits per heavy atom. The number of anilines is 1. The summed E-state index contributed by atoms with van der Waals surface area (Å²) < 4.78 is 5.73. The van der Waals surface area contributed by atoms with Crippen molar-refractivity contribution >= 4 is 34.5 Å². The number of pyridine rings is 1. The van der Waals surface area contributed by atoms with E-state index in [4.69, 9.17) is 4.42 Å². The fourth-order valence-electron chi connectivity index (χ4n) is 2.55. The predicted molar refractivity (Wildman–Crippen MR) is 102 cm³/mol. The van der Waals surface area contributed by atoms with Gasteiger partial charge in [-0.15, -0.1) is 0 Å². The molecule has 0 atom stereocenters. The zero-order valence-electron chi connectivity index (χ0n) is 13.8. The number of nitrogens with zero attached hydrogens (tertiary/aromatic N) is 2. The Bertz CT molecular complexity index is 1010. The summed E-state index contributed by atoms with van der Waals surface area (Å²) in [6.45, 7) is 0. The van der Waals surface area contributed by atoms with Crippen LogP contribution in [-0.2, 0) is 5.75 Å². The van der Waals surface area contributed by atoms with Gasteiger partial charge in [0.25, 0.3) is 11.1 Å². The number of thioether (sulfide) groups is 1. The molecule has 6 heteroatoms. The van der Waals surface area contributed by atoms with E-state index in [0.29, 0.717) is 22.2 Å². The number of para-hydroxylation sites is 2. The molecule has 4 aromatic rings. The van der Waals surface area contributed by atoms with Crippen molar-refractivity contribution in [2.75, 3.05) is 5.32 Å². The van der Waals surface area contributed by atoms with Gasteiger partial charge in [-0.25, -0.2) is 4.98 Å². The van der Waals surface area contributed by atoms with Gasteiger partial charge in [-0.2, -0.15) is 0 Å². The van der Waals surface area contributed by atoms with E-state index in [-0.39, 0.29) is 5.91 Å². The van der Waals surface area contributed by atoms with Crippen LogP contribution in [-0.4, -0.2) is 15.9 Å². The first-order valence-electron chi connectivity index (χ1n) is 8.07. The minimum absolute atomic E-state index is 0.148. The molecule has 1 N–H and O–H groups in total. The third-order valence-electron chi connectivity index (χ3n) is 3.83. The maximum absolute atomic E-state index is 12.6. The maximum Gasteiger partial charge on any atom is 0.257 e. The first-order chi connectivity index (χ1) is 12.8. The second kappa shape index (κ2) is 7.41. The Labute approximate surface area is 154 Å². The van der Waals surface area contributed by atoms with Gasteiger partial charge in [0.2, 0.25) is 0 Å². The van der Waals surface area contributed by atoms with Crippen LogP contribution in [0.5, 0.6) is 0 Å². The van der Waals surface area contributed by atoms with Crippen molar-refractivity contribution in [3.8, 4) is 0 Å². The van der Waals surface area contributed by atoms with Gasteiger partial charge in [-0.1, -0.05) is 42.1 Å². The summed E-state index contributed by atoms with van der Waals surface area (Å²) in [5.41, 5.74) is 3.86. The number of hydrogen-bond donors (Lipinski definition) is 1. The van der Waals surface area contributed by atoms with Crippen LogP contribution < -0.4 is 5.32 Å². The van der Waals surface area contributed by atoms with E-state index < -0.39 is 0 Å². The highest BCUT2D eigenvalue weighted by Crippen LogP contribution is 2.27. The number of nitrogens with one attached hydrogen (secondary N) is 1. The highest BCUT2D eigenvalue weighted by atomic mass is 32.2. The summed E-state index contributed by atoms with van der Waals surface area (Å²) >= 11 is 1.47. The summed E-state index contributed by atoms with van der Waals surface area (Å²) in [5, 5.41) is 3.48. The SMILES string of the molecule is O=C(Nc1ccncc1)c1ccccc1CSc1nc2ccccc2o1. The molecule has 0 fully saturated rings. The van der Waals surface area contributed by atoms with Gasteiger partial charge in [0, 0.05) is 29.4 Å². The molecule has 4 rings (SSSR count). The van der Waals surface area contributed by atoms with Gasteiger partial charge < -0.3 is 9.73 Å². The average Bonchev–Trinajstić information content (AvgIpc) is 3.10. The molecule has 0 aliphatic rings. The summed E-state index contributed by atoms with van der Waals surface area (Å²) in [7, 11) is 0. The Morgan fingerprint density at radius 3 is 2.62 bits per heavy atom. The Morgan fingerprint density at radius 1 is 1.00 bits per heavy atom. The minimum atomic E-state index is -0.148. The van der Waals surface area contributed by atoms with Crippen LogP contribution in [0.2, 0.25) is 0 Å². The molecule has 128 valence electrons. The lowest BCUT2D eigenvalue weighted by atomic mass is 10.1. The lowest BCUT2D eigenvalue weighted by Crippen LogP contribution is -2.14. The molecule has 26 heavy (non-hydrogen) atoms. The smallest absolute Gasteiger partial charge is 0.257 e. The standard InChI is InChI=1S/C20H15N3O2S/c24-19(22-15-9-11-21-12-10-15)16-6-2-1-5-14(16)13-26-20-23-17-7-3-4-8-18(17)25-20/h1-12H,13H2,(H,21,22,24). The lowest BCUT2D eigenvalue weighted by molar-refractivity contribution is 0.102. The van der Waals surface area contributed by atoms with Crippen LogP contribution in [0.1, 0.15) is 15.9 Å². The number of fused-ring (bicyclic) bond motifs is 1. The Balaban J connectivity index is 1.51. The van der Waals surface area contributed by atoms with E-state index in [0.717, 1.165) is 16.7 Å². The van der Waals surface area contributed by atoms with E-state index >= 15 is 0 Å². The van der Waals surface area contributed by atoms with Crippen molar-refractivity contribution in [3.05, 3.63) is 84.2 Å². The number of oxazole rings is 1. The van der Waals surface area contributed by atoms with Gasteiger partial charge >= 0.3 is 0 Å². The minimum Gasteiger partial charge on any atom is -0.431 e. The van der Waals surface area contributed by atoms with E-state index in [2.05, 4.69) is 15.3 Å². The molecule has 0 aliphatic heterocycles. The van der Waals surface area contributed by atoms with E-state index in [1.807, 2.05) is 48.5 Å². The summed E-state index contributed by atoms with van der Waals surface area (Å²) in [6.07, 6.45) is 3.29. The molecule has 0 saturated heterocycles. The molecule has 0 saturated carbocycles. The number of aromatic nitrogens is 2. The van der Waals surface area contributed by atoms with Crippen molar-refractivity contribution in [2.45, 2.75) is 11.0 Å². The Kier molecular flexibility index (Phi) is 4.66. The highest BCUT2D eigenvalue weighted by Gasteiger charge is 2.13. The number of amides is 1. The van der Waals surface area contributed by atoms with Gasteiger partial charge in [0.05, 0.1) is 0 Å². The molecule has 2 aromatic carbocycles. The third kappa shape index (κ3) is 3.60.